The van der Waals surface area contributed by atoms with E-state index < -0.39 is 5.60 Å². The normalized spacial score (nSPS) is 16.0. The topological polar surface area (TPSA) is 78.8 Å². The van der Waals surface area contributed by atoms with Crippen molar-refractivity contribution in [3.63, 3.8) is 0 Å². The van der Waals surface area contributed by atoms with Gasteiger partial charge < -0.3 is 20.5 Å². The molecule has 8 heteroatoms. The molecule has 1 fully saturated rings. The molecule has 28 heavy (non-hydrogen) atoms. The third kappa shape index (κ3) is 7.21. The molecule has 2 heterocycles. The summed E-state index contributed by atoms with van der Waals surface area (Å²) in [5.74, 6) is 2.06. The highest BCUT2D eigenvalue weighted by atomic mass is 127. The van der Waals surface area contributed by atoms with Crippen LogP contribution in [0.2, 0.25) is 0 Å². The number of rotatable bonds is 9. The van der Waals surface area contributed by atoms with Crippen LogP contribution >= 0.6 is 35.3 Å². The molecule has 1 saturated carbocycles. The Morgan fingerprint density at radius 2 is 2.18 bits per heavy atom. The molecule has 0 saturated heterocycles. The fourth-order valence-corrected chi connectivity index (χ4v) is 3.30. The van der Waals surface area contributed by atoms with Gasteiger partial charge in [0.2, 0.25) is 5.88 Å². The van der Waals surface area contributed by atoms with Crippen LogP contribution in [0.25, 0.3) is 0 Å². The van der Waals surface area contributed by atoms with Gasteiger partial charge in [0.15, 0.2) is 5.96 Å². The minimum absolute atomic E-state index is 0. The Kier molecular flexibility index (Phi) is 8.97. The summed E-state index contributed by atoms with van der Waals surface area (Å²) in [5.41, 5.74) is 0.0721. The maximum Gasteiger partial charge on any atom is 0.213 e. The van der Waals surface area contributed by atoms with Crippen LogP contribution in [0.3, 0.4) is 0 Å². The summed E-state index contributed by atoms with van der Waals surface area (Å²) in [6.07, 6.45) is 4.34. The standard InChI is InChI=1S/C20H28N4O2S.HI/c1-3-21-19(24-14-20(2,25)17-5-4-10-27-17)23-12-16-8-9-18(22-11-16)26-13-15-6-7-15;/h4-5,8-11,15,25H,3,6-7,12-14H2,1-2H3,(H2,21,23,24);1H. The van der Waals surface area contributed by atoms with E-state index >= 15 is 0 Å². The van der Waals surface area contributed by atoms with Gasteiger partial charge in [0.1, 0.15) is 5.60 Å². The summed E-state index contributed by atoms with van der Waals surface area (Å²) < 4.78 is 5.66. The lowest BCUT2D eigenvalue weighted by Gasteiger charge is -2.23. The second kappa shape index (κ2) is 11.0. The number of aromatic nitrogens is 1. The van der Waals surface area contributed by atoms with E-state index in [0.717, 1.165) is 29.5 Å². The number of pyridine rings is 1. The lowest BCUT2D eigenvalue weighted by atomic mass is 10.1. The highest BCUT2D eigenvalue weighted by molar-refractivity contribution is 14.0. The molecule has 6 nitrogen and oxygen atoms in total. The number of aliphatic hydroxyl groups is 1. The van der Waals surface area contributed by atoms with Crippen LogP contribution < -0.4 is 15.4 Å². The van der Waals surface area contributed by atoms with Gasteiger partial charge in [-0.2, -0.15) is 0 Å². The molecule has 0 aromatic carbocycles. The minimum atomic E-state index is -0.938. The van der Waals surface area contributed by atoms with Crippen LogP contribution in [-0.2, 0) is 12.1 Å². The molecule has 3 rings (SSSR count). The summed E-state index contributed by atoms with van der Waals surface area (Å²) in [4.78, 5) is 9.87. The number of hydrogen-bond donors (Lipinski definition) is 3. The van der Waals surface area contributed by atoms with Crippen LogP contribution in [-0.4, -0.2) is 35.7 Å². The zero-order chi connectivity index (χ0) is 19.1. The molecule has 1 aliphatic rings. The van der Waals surface area contributed by atoms with E-state index in [1.807, 2.05) is 36.6 Å². The fourth-order valence-electron chi connectivity index (χ4n) is 2.52. The molecule has 3 N–H and O–H groups in total. The van der Waals surface area contributed by atoms with E-state index in [-0.39, 0.29) is 24.0 Å². The van der Waals surface area contributed by atoms with Crippen molar-refractivity contribution in [3.8, 4) is 5.88 Å². The molecule has 0 spiro atoms. The average Bonchev–Trinajstić information content (AvgIpc) is 3.32. The number of nitrogens with zero attached hydrogens (tertiary/aromatic N) is 2. The van der Waals surface area contributed by atoms with E-state index in [2.05, 4.69) is 20.6 Å². The van der Waals surface area contributed by atoms with E-state index in [9.17, 15) is 5.11 Å². The number of halogens is 1. The molecule has 154 valence electrons. The molecule has 0 amide bonds. The quantitative estimate of drug-likeness (QED) is 0.270. The van der Waals surface area contributed by atoms with Crippen LogP contribution in [0, 0.1) is 5.92 Å². The molecule has 0 radical (unpaired) electrons. The molecular formula is C20H29IN4O2S. The van der Waals surface area contributed by atoms with Gasteiger partial charge >= 0.3 is 0 Å². The number of ether oxygens (including phenoxy) is 1. The predicted octanol–water partition coefficient (Wildman–Crippen LogP) is 3.51. The van der Waals surface area contributed by atoms with Crippen LogP contribution in [0.1, 0.15) is 37.1 Å². The van der Waals surface area contributed by atoms with Crippen molar-refractivity contribution in [2.24, 2.45) is 10.9 Å². The molecule has 2 aromatic rings. The maximum absolute atomic E-state index is 10.6. The number of thiophene rings is 1. The smallest absolute Gasteiger partial charge is 0.213 e. The summed E-state index contributed by atoms with van der Waals surface area (Å²) in [7, 11) is 0. The van der Waals surface area contributed by atoms with E-state index in [1.54, 1.807) is 24.5 Å². The first-order valence-electron chi connectivity index (χ1n) is 9.43. The first-order valence-corrected chi connectivity index (χ1v) is 10.3. The molecule has 2 aromatic heterocycles. The predicted molar refractivity (Wildman–Crippen MR) is 125 cm³/mol. The van der Waals surface area contributed by atoms with Gasteiger partial charge in [-0.15, -0.1) is 35.3 Å². The van der Waals surface area contributed by atoms with Crippen LogP contribution in [0.15, 0.2) is 40.8 Å². The van der Waals surface area contributed by atoms with E-state index in [4.69, 9.17) is 4.74 Å². The zero-order valence-electron chi connectivity index (χ0n) is 16.4. The Morgan fingerprint density at radius 3 is 2.79 bits per heavy atom. The Labute approximate surface area is 187 Å². The van der Waals surface area contributed by atoms with E-state index in [1.165, 1.54) is 12.8 Å². The molecule has 0 aliphatic heterocycles. The van der Waals surface area contributed by atoms with E-state index in [0.29, 0.717) is 24.9 Å². The first kappa shape index (κ1) is 22.9. The van der Waals surface area contributed by atoms with Gasteiger partial charge in [0.25, 0.3) is 0 Å². The van der Waals surface area contributed by atoms with Gasteiger partial charge in [-0.25, -0.2) is 9.98 Å². The third-order valence-electron chi connectivity index (χ3n) is 4.38. The number of hydrogen-bond acceptors (Lipinski definition) is 5. The highest BCUT2D eigenvalue weighted by Crippen LogP contribution is 2.29. The maximum atomic E-state index is 10.6. The Bertz CT molecular complexity index is 731. The van der Waals surface area contributed by atoms with Gasteiger partial charge in [0.05, 0.1) is 19.7 Å². The third-order valence-corrected chi connectivity index (χ3v) is 5.50. The molecular weight excluding hydrogens is 487 g/mol. The number of guanidine groups is 1. The lowest BCUT2D eigenvalue weighted by molar-refractivity contribution is 0.0655. The largest absolute Gasteiger partial charge is 0.477 e. The number of aliphatic imine (C=N–C) groups is 1. The second-order valence-electron chi connectivity index (χ2n) is 7.06. The van der Waals surface area contributed by atoms with Crippen molar-refractivity contribution in [2.45, 2.75) is 38.8 Å². The summed E-state index contributed by atoms with van der Waals surface area (Å²) in [5, 5.41) is 19.0. The summed E-state index contributed by atoms with van der Waals surface area (Å²) in [6.45, 7) is 6.22. The summed E-state index contributed by atoms with van der Waals surface area (Å²) >= 11 is 1.55. The van der Waals surface area contributed by atoms with Crippen molar-refractivity contribution in [1.29, 1.82) is 0 Å². The van der Waals surface area contributed by atoms with Crippen molar-refractivity contribution in [3.05, 3.63) is 46.3 Å². The molecule has 1 aliphatic carbocycles. The fraction of sp³-hybridized carbons (Fsp3) is 0.500. The molecule has 1 unspecified atom stereocenters. The van der Waals surface area contributed by atoms with Crippen molar-refractivity contribution < 1.29 is 9.84 Å². The van der Waals surface area contributed by atoms with Crippen molar-refractivity contribution in [1.82, 2.24) is 15.6 Å². The van der Waals surface area contributed by atoms with Gasteiger partial charge in [0, 0.05) is 23.7 Å². The summed E-state index contributed by atoms with van der Waals surface area (Å²) in [6, 6.07) is 7.77. The van der Waals surface area contributed by atoms with Crippen LogP contribution in [0.4, 0.5) is 0 Å². The molecule has 1 atom stereocenters. The van der Waals surface area contributed by atoms with Crippen LogP contribution in [0.5, 0.6) is 5.88 Å². The zero-order valence-corrected chi connectivity index (χ0v) is 19.5. The Balaban J connectivity index is 0.00000280. The van der Waals surface area contributed by atoms with Gasteiger partial charge in [-0.05, 0) is 49.6 Å². The van der Waals surface area contributed by atoms with Crippen molar-refractivity contribution in [2.75, 3.05) is 19.7 Å². The monoisotopic (exact) mass is 516 g/mol. The lowest BCUT2D eigenvalue weighted by Crippen LogP contribution is -2.44. The Hall–Kier alpha value is -1.39. The SMILES string of the molecule is CCNC(=NCc1ccc(OCC2CC2)nc1)NCC(C)(O)c1cccs1.I. The average molecular weight is 516 g/mol. The Morgan fingerprint density at radius 1 is 1.36 bits per heavy atom. The molecule has 0 bridgehead atoms. The second-order valence-corrected chi connectivity index (χ2v) is 8.01. The minimum Gasteiger partial charge on any atom is -0.477 e. The van der Waals surface area contributed by atoms with Gasteiger partial charge in [-0.3, -0.25) is 0 Å². The van der Waals surface area contributed by atoms with Crippen molar-refractivity contribution >= 4 is 41.3 Å². The highest BCUT2D eigenvalue weighted by Gasteiger charge is 2.24. The first-order chi connectivity index (χ1) is 13.1. The number of nitrogens with one attached hydrogen (secondary N) is 2. The van der Waals surface area contributed by atoms with Gasteiger partial charge in [-0.1, -0.05) is 12.1 Å².